The lowest BCUT2D eigenvalue weighted by Crippen LogP contribution is -2.21. The molecule has 0 unspecified atom stereocenters. The van der Waals surface area contributed by atoms with Crippen molar-refractivity contribution in [1.82, 2.24) is 30.0 Å². The standard InChI is InChI=1S/2C28H33N3O9/c1-17(2)20-7-9-21(10-8-20)22-11-13-23(14-12-22)40-25-24(26(32)36-16-37-28(34)39-19(5)6)31(30-29-25)15-35-27(33)38-18(3)4;1-17(2)20-7-9-21(10-8-20)22-11-13-23(14-12-22)40-25-24(26(32)36-16-37-28(34)39-19(5)6)29-30-31(25)15-35-27(33)38-18(3)4/h2*7-14,17-19H,15-16H2,1-6H3. The summed E-state index contributed by atoms with van der Waals surface area (Å²) in [6.45, 7) is 19.3. The average molecular weight is 1110 g/mol. The van der Waals surface area contributed by atoms with E-state index in [2.05, 4.69) is 72.6 Å². The molecule has 2 heterocycles. The Morgan fingerprint density at radius 1 is 0.400 bits per heavy atom. The zero-order valence-electron chi connectivity index (χ0n) is 46.6. The molecule has 0 saturated carbocycles. The van der Waals surface area contributed by atoms with Crippen LogP contribution in [-0.4, -0.2) is 105 Å². The molecule has 0 aliphatic carbocycles. The van der Waals surface area contributed by atoms with Crippen molar-refractivity contribution in [2.75, 3.05) is 13.6 Å². The van der Waals surface area contributed by atoms with E-state index < -0.39 is 88.0 Å². The van der Waals surface area contributed by atoms with Gasteiger partial charge in [-0.1, -0.05) is 116 Å². The van der Waals surface area contributed by atoms with Crippen molar-refractivity contribution >= 4 is 36.6 Å². The number of hydrogen-bond donors (Lipinski definition) is 0. The second-order valence-electron chi connectivity index (χ2n) is 18.9. The fourth-order valence-corrected chi connectivity index (χ4v) is 6.57. The number of ether oxygens (including phenoxy) is 12. The predicted octanol–water partition coefficient (Wildman–Crippen LogP) is 12.1. The molecule has 0 saturated heterocycles. The van der Waals surface area contributed by atoms with E-state index in [1.165, 1.54) is 11.1 Å². The highest BCUT2D eigenvalue weighted by atomic mass is 16.8. The summed E-state index contributed by atoms with van der Waals surface area (Å²) in [5.41, 5.74) is 5.85. The number of hydrogen-bond acceptors (Lipinski definition) is 22. The van der Waals surface area contributed by atoms with E-state index in [9.17, 15) is 28.8 Å². The Morgan fingerprint density at radius 2 is 0.750 bits per heavy atom. The topological polar surface area (TPSA) is 275 Å². The van der Waals surface area contributed by atoms with Gasteiger partial charge in [0.05, 0.1) is 24.4 Å². The summed E-state index contributed by atoms with van der Waals surface area (Å²) in [6.07, 6.45) is -5.55. The normalized spacial score (nSPS) is 10.9. The number of aromatic nitrogens is 6. The van der Waals surface area contributed by atoms with Crippen molar-refractivity contribution < 1.29 is 85.6 Å². The smallest absolute Gasteiger partial charge is 0.437 e. The van der Waals surface area contributed by atoms with Crippen LogP contribution in [0, 0.1) is 0 Å². The molecule has 6 rings (SSSR count). The Labute approximate surface area is 462 Å². The Hall–Kier alpha value is -9.22. The maximum Gasteiger partial charge on any atom is 0.511 e. The largest absolute Gasteiger partial charge is 0.511 e. The Bertz CT molecular complexity index is 2970. The predicted molar refractivity (Wildman–Crippen MR) is 283 cm³/mol. The first kappa shape index (κ1) is 61.6. The number of carbonyl (C=O) groups excluding carboxylic acids is 6. The zero-order valence-corrected chi connectivity index (χ0v) is 46.6. The molecule has 80 heavy (non-hydrogen) atoms. The fourth-order valence-electron chi connectivity index (χ4n) is 6.57. The fraction of sp³-hybridized carbons (Fsp3) is 0.393. The minimum atomic E-state index is -1.01. The van der Waals surface area contributed by atoms with Gasteiger partial charge in [-0.05, 0) is 125 Å². The Balaban J connectivity index is 0.000000294. The second kappa shape index (κ2) is 30.1. The molecule has 0 bridgehead atoms. The Kier molecular flexibility index (Phi) is 23.2. The van der Waals surface area contributed by atoms with E-state index in [4.69, 9.17) is 56.8 Å². The van der Waals surface area contributed by atoms with Crippen molar-refractivity contribution in [3.8, 4) is 45.5 Å². The van der Waals surface area contributed by atoms with Crippen LogP contribution < -0.4 is 9.47 Å². The highest BCUT2D eigenvalue weighted by molar-refractivity contribution is 5.90. The molecule has 0 spiro atoms. The van der Waals surface area contributed by atoms with Crippen LogP contribution in [-0.2, 0) is 60.8 Å². The first-order chi connectivity index (χ1) is 38.1. The maximum absolute atomic E-state index is 12.9. The van der Waals surface area contributed by atoms with Crippen LogP contribution in [0.15, 0.2) is 97.1 Å². The van der Waals surface area contributed by atoms with Gasteiger partial charge in [-0.25, -0.2) is 28.8 Å². The first-order valence-corrected chi connectivity index (χ1v) is 25.4. The molecule has 6 aromatic rings. The molecule has 0 aliphatic rings. The van der Waals surface area contributed by atoms with E-state index in [1.54, 1.807) is 79.7 Å². The summed E-state index contributed by atoms with van der Waals surface area (Å²) in [7, 11) is 0. The first-order valence-electron chi connectivity index (χ1n) is 25.4. The van der Waals surface area contributed by atoms with Gasteiger partial charge in [-0.2, -0.15) is 9.36 Å². The number of benzene rings is 4. The summed E-state index contributed by atoms with van der Waals surface area (Å²) in [5.74, 6) is -0.801. The van der Waals surface area contributed by atoms with E-state index in [0.29, 0.717) is 23.3 Å². The van der Waals surface area contributed by atoms with Gasteiger partial charge in [-0.15, -0.1) is 5.10 Å². The third kappa shape index (κ3) is 19.7. The number of esters is 2. The van der Waals surface area contributed by atoms with Gasteiger partial charge in [0.15, 0.2) is 13.5 Å². The molecule has 0 atom stereocenters. The molecule has 2 aromatic heterocycles. The summed E-state index contributed by atoms with van der Waals surface area (Å²) < 4.78 is 62.7. The van der Waals surface area contributed by atoms with Crippen molar-refractivity contribution in [1.29, 1.82) is 0 Å². The molecule has 0 amide bonds. The van der Waals surface area contributed by atoms with Crippen LogP contribution in [0.25, 0.3) is 22.3 Å². The summed E-state index contributed by atoms with van der Waals surface area (Å²) in [4.78, 5) is 72.3. The van der Waals surface area contributed by atoms with Gasteiger partial charge in [-0.3, -0.25) is 0 Å². The number of nitrogens with zero attached hydrogens (tertiary/aromatic N) is 6. The molecule has 0 radical (unpaired) electrons. The van der Waals surface area contributed by atoms with Gasteiger partial charge in [0, 0.05) is 0 Å². The molecule has 24 heteroatoms. The van der Waals surface area contributed by atoms with Crippen LogP contribution in [0.3, 0.4) is 0 Å². The summed E-state index contributed by atoms with van der Waals surface area (Å²) in [5, 5.41) is 15.3. The van der Waals surface area contributed by atoms with E-state index in [0.717, 1.165) is 31.6 Å². The van der Waals surface area contributed by atoms with Crippen LogP contribution in [0.4, 0.5) is 19.2 Å². The SMILES string of the molecule is CC(C)OC(=O)OCOC(=O)c1c(Oc2ccc(-c3ccc(C(C)C)cc3)cc2)nnn1COC(=O)OC(C)C.CC(C)OC(=O)OCOC(=O)c1nnn(COC(=O)OC(C)C)c1Oc1ccc(-c2ccc(C(C)C)cc2)cc1. The Morgan fingerprint density at radius 3 is 1.15 bits per heavy atom. The molecule has 0 aliphatic heterocycles. The molecule has 24 nitrogen and oxygen atoms in total. The van der Waals surface area contributed by atoms with Gasteiger partial charge < -0.3 is 56.8 Å². The average Bonchev–Trinajstić information content (AvgIpc) is 4.00. The van der Waals surface area contributed by atoms with E-state index in [1.807, 2.05) is 48.5 Å². The lowest BCUT2D eigenvalue weighted by Gasteiger charge is -2.12. The quantitative estimate of drug-likeness (QED) is 0.0347. The van der Waals surface area contributed by atoms with E-state index in [-0.39, 0.29) is 23.1 Å². The number of carbonyl (C=O) groups is 6. The number of rotatable bonds is 22. The molecule has 428 valence electrons. The minimum Gasteiger partial charge on any atom is -0.437 e. The summed E-state index contributed by atoms with van der Waals surface area (Å²) in [6, 6.07) is 30.8. The molecule has 0 fully saturated rings. The van der Waals surface area contributed by atoms with Crippen molar-refractivity contribution in [3.05, 3.63) is 120 Å². The maximum atomic E-state index is 12.9. The van der Waals surface area contributed by atoms with Gasteiger partial charge >= 0.3 is 36.6 Å². The van der Waals surface area contributed by atoms with Crippen LogP contribution in [0.5, 0.6) is 23.3 Å². The minimum absolute atomic E-state index is 0.166. The third-order valence-corrected chi connectivity index (χ3v) is 10.4. The van der Waals surface area contributed by atoms with Crippen molar-refractivity contribution in [2.24, 2.45) is 0 Å². The lowest BCUT2D eigenvalue weighted by molar-refractivity contribution is -0.0371. The second-order valence-corrected chi connectivity index (χ2v) is 18.9. The molecule has 4 aromatic carbocycles. The van der Waals surface area contributed by atoms with Crippen molar-refractivity contribution in [2.45, 2.75) is 133 Å². The molecular formula is C56H66N6O18. The highest BCUT2D eigenvalue weighted by Crippen LogP contribution is 2.31. The highest BCUT2D eigenvalue weighted by Gasteiger charge is 2.28. The van der Waals surface area contributed by atoms with Gasteiger partial charge in [0.1, 0.15) is 11.5 Å². The van der Waals surface area contributed by atoms with E-state index >= 15 is 0 Å². The van der Waals surface area contributed by atoms with Crippen LogP contribution in [0.2, 0.25) is 0 Å². The lowest BCUT2D eigenvalue weighted by atomic mass is 9.99. The monoisotopic (exact) mass is 1110 g/mol. The van der Waals surface area contributed by atoms with Gasteiger partial charge in [0.25, 0.3) is 11.8 Å². The van der Waals surface area contributed by atoms with Crippen LogP contribution in [0.1, 0.15) is 127 Å². The van der Waals surface area contributed by atoms with Gasteiger partial charge in [0.2, 0.25) is 25.0 Å². The van der Waals surface area contributed by atoms with Crippen LogP contribution >= 0.6 is 0 Å². The molecule has 0 N–H and O–H groups in total. The van der Waals surface area contributed by atoms with Crippen molar-refractivity contribution in [3.63, 3.8) is 0 Å². The molecular weight excluding hydrogens is 1040 g/mol. The third-order valence-electron chi connectivity index (χ3n) is 10.4. The summed E-state index contributed by atoms with van der Waals surface area (Å²) >= 11 is 0. The zero-order chi connectivity index (χ0) is 58.5.